The molecule has 0 aliphatic heterocycles. The summed E-state index contributed by atoms with van der Waals surface area (Å²) in [6.07, 6.45) is 1.79. The van der Waals surface area contributed by atoms with E-state index in [9.17, 15) is 0 Å². The van der Waals surface area contributed by atoms with Crippen molar-refractivity contribution in [2.45, 2.75) is 25.4 Å². The average molecular weight is 261 g/mol. The molecule has 0 fully saturated rings. The Balaban J connectivity index is 1.96. The van der Waals surface area contributed by atoms with Crippen LogP contribution >= 0.6 is 11.3 Å². The molecule has 0 aliphatic carbocycles. The van der Waals surface area contributed by atoms with E-state index in [4.69, 9.17) is 5.11 Å². The zero-order chi connectivity index (χ0) is 12.6. The van der Waals surface area contributed by atoms with Gasteiger partial charge in [-0.25, -0.2) is 0 Å². The van der Waals surface area contributed by atoms with E-state index in [-0.39, 0.29) is 6.61 Å². The Kier molecular flexibility index (Phi) is 5.39. The second kappa shape index (κ2) is 7.31. The molecule has 2 rings (SSSR count). The van der Waals surface area contributed by atoms with Crippen LogP contribution in [0.25, 0.3) is 0 Å². The van der Waals surface area contributed by atoms with Crippen molar-refractivity contribution in [1.82, 2.24) is 5.32 Å². The minimum atomic E-state index is 0.253. The third-order valence-electron chi connectivity index (χ3n) is 2.99. The van der Waals surface area contributed by atoms with Crippen LogP contribution in [0.3, 0.4) is 0 Å². The predicted octanol–water partition coefficient (Wildman–Crippen LogP) is 3.35. The topological polar surface area (TPSA) is 32.3 Å². The Bertz CT molecular complexity index is 427. The third-order valence-corrected chi connectivity index (χ3v) is 3.72. The fraction of sp³-hybridized carbons (Fsp3) is 0.333. The zero-order valence-electron chi connectivity index (χ0n) is 10.4. The molecule has 2 N–H and O–H groups in total. The van der Waals surface area contributed by atoms with Crippen LogP contribution in [0.2, 0.25) is 0 Å². The lowest BCUT2D eigenvalue weighted by Crippen LogP contribution is -2.21. The Hall–Kier alpha value is -1.16. The van der Waals surface area contributed by atoms with Gasteiger partial charge in [-0.2, -0.15) is 11.3 Å². The summed E-state index contributed by atoms with van der Waals surface area (Å²) < 4.78 is 0. The predicted molar refractivity (Wildman–Crippen MR) is 76.7 cm³/mol. The van der Waals surface area contributed by atoms with E-state index >= 15 is 0 Å². The van der Waals surface area contributed by atoms with Gasteiger partial charge in [0, 0.05) is 19.2 Å². The highest BCUT2D eigenvalue weighted by atomic mass is 32.1. The van der Waals surface area contributed by atoms with Crippen LogP contribution in [0.4, 0.5) is 0 Å². The van der Waals surface area contributed by atoms with Crippen molar-refractivity contribution in [3.05, 3.63) is 58.3 Å². The second-order valence-corrected chi connectivity index (χ2v) is 5.12. The number of aliphatic hydroxyl groups excluding tert-OH is 1. The van der Waals surface area contributed by atoms with Crippen molar-refractivity contribution in [3.63, 3.8) is 0 Å². The van der Waals surface area contributed by atoms with Crippen LogP contribution in [0.1, 0.15) is 30.0 Å². The molecule has 0 amide bonds. The van der Waals surface area contributed by atoms with Crippen molar-refractivity contribution in [3.8, 4) is 0 Å². The summed E-state index contributed by atoms with van der Waals surface area (Å²) in [4.78, 5) is 0. The van der Waals surface area contributed by atoms with Gasteiger partial charge in [0.15, 0.2) is 0 Å². The molecule has 0 aliphatic rings. The molecule has 18 heavy (non-hydrogen) atoms. The molecular weight excluding hydrogens is 242 g/mol. The second-order valence-electron chi connectivity index (χ2n) is 4.34. The van der Waals surface area contributed by atoms with E-state index in [1.807, 2.05) is 6.07 Å². The molecule has 0 saturated carbocycles. The molecule has 1 aromatic carbocycles. The van der Waals surface area contributed by atoms with Crippen LogP contribution in [0.5, 0.6) is 0 Å². The van der Waals surface area contributed by atoms with Gasteiger partial charge in [0.05, 0.1) is 0 Å². The molecule has 2 aromatic rings. The van der Waals surface area contributed by atoms with Crippen molar-refractivity contribution < 1.29 is 5.11 Å². The number of thiophene rings is 1. The SMILES string of the molecule is OCCCC(NCc1ccsc1)c1ccccc1. The third kappa shape index (κ3) is 3.95. The van der Waals surface area contributed by atoms with E-state index in [1.54, 1.807) is 11.3 Å². The smallest absolute Gasteiger partial charge is 0.0431 e. The lowest BCUT2D eigenvalue weighted by Gasteiger charge is -2.18. The quantitative estimate of drug-likeness (QED) is 0.801. The monoisotopic (exact) mass is 261 g/mol. The Morgan fingerprint density at radius 3 is 2.67 bits per heavy atom. The highest BCUT2D eigenvalue weighted by Gasteiger charge is 2.10. The molecule has 96 valence electrons. The molecule has 1 unspecified atom stereocenters. The van der Waals surface area contributed by atoms with Gasteiger partial charge < -0.3 is 10.4 Å². The maximum Gasteiger partial charge on any atom is 0.0431 e. The Labute approximate surface area is 112 Å². The summed E-state index contributed by atoms with van der Waals surface area (Å²) in [5.74, 6) is 0. The normalized spacial score (nSPS) is 12.5. The van der Waals surface area contributed by atoms with Crippen LogP contribution in [0, 0.1) is 0 Å². The molecule has 0 radical (unpaired) electrons. The molecule has 0 spiro atoms. The van der Waals surface area contributed by atoms with E-state index in [2.05, 4.69) is 46.4 Å². The minimum absolute atomic E-state index is 0.253. The highest BCUT2D eigenvalue weighted by molar-refractivity contribution is 7.07. The molecular formula is C15H19NOS. The van der Waals surface area contributed by atoms with E-state index in [0.29, 0.717) is 6.04 Å². The van der Waals surface area contributed by atoms with Gasteiger partial charge in [-0.3, -0.25) is 0 Å². The summed E-state index contributed by atoms with van der Waals surface area (Å²) in [5.41, 5.74) is 2.62. The summed E-state index contributed by atoms with van der Waals surface area (Å²) in [6.45, 7) is 1.14. The minimum Gasteiger partial charge on any atom is -0.396 e. The van der Waals surface area contributed by atoms with Crippen LogP contribution < -0.4 is 5.32 Å². The number of hydrogen-bond donors (Lipinski definition) is 2. The number of benzene rings is 1. The van der Waals surface area contributed by atoms with Gasteiger partial charge in [-0.05, 0) is 40.8 Å². The lowest BCUT2D eigenvalue weighted by molar-refractivity contribution is 0.275. The average Bonchev–Trinajstić information content (AvgIpc) is 2.93. The molecule has 1 heterocycles. The zero-order valence-corrected chi connectivity index (χ0v) is 11.2. The number of nitrogens with one attached hydrogen (secondary N) is 1. The first-order valence-corrected chi connectivity index (χ1v) is 7.24. The maximum absolute atomic E-state index is 8.99. The van der Waals surface area contributed by atoms with Gasteiger partial charge in [0.2, 0.25) is 0 Å². The molecule has 2 nitrogen and oxygen atoms in total. The molecule has 3 heteroatoms. The van der Waals surface area contributed by atoms with E-state index in [0.717, 1.165) is 19.4 Å². The van der Waals surface area contributed by atoms with Crippen molar-refractivity contribution in [2.24, 2.45) is 0 Å². The Morgan fingerprint density at radius 1 is 1.17 bits per heavy atom. The molecule has 0 bridgehead atoms. The maximum atomic E-state index is 8.99. The van der Waals surface area contributed by atoms with Gasteiger partial charge in [-0.1, -0.05) is 30.3 Å². The first-order valence-electron chi connectivity index (χ1n) is 6.30. The van der Waals surface area contributed by atoms with E-state index in [1.165, 1.54) is 11.1 Å². The summed E-state index contributed by atoms with van der Waals surface area (Å²) in [5, 5.41) is 16.8. The summed E-state index contributed by atoms with van der Waals surface area (Å²) in [7, 11) is 0. The van der Waals surface area contributed by atoms with Crippen LogP contribution in [0.15, 0.2) is 47.2 Å². The van der Waals surface area contributed by atoms with Crippen molar-refractivity contribution in [1.29, 1.82) is 0 Å². The van der Waals surface area contributed by atoms with Crippen LogP contribution in [-0.2, 0) is 6.54 Å². The standard InChI is InChI=1S/C15H19NOS/c17-9-4-7-15(14-5-2-1-3-6-14)16-11-13-8-10-18-12-13/h1-3,5-6,8,10,12,15-17H,4,7,9,11H2. The molecule has 1 atom stereocenters. The van der Waals surface area contributed by atoms with Crippen molar-refractivity contribution >= 4 is 11.3 Å². The van der Waals surface area contributed by atoms with Gasteiger partial charge in [0.1, 0.15) is 0 Å². The number of rotatable bonds is 7. The fourth-order valence-corrected chi connectivity index (χ4v) is 2.67. The number of aliphatic hydroxyl groups is 1. The van der Waals surface area contributed by atoms with Crippen LogP contribution in [-0.4, -0.2) is 11.7 Å². The largest absolute Gasteiger partial charge is 0.396 e. The lowest BCUT2D eigenvalue weighted by atomic mass is 10.0. The fourth-order valence-electron chi connectivity index (χ4n) is 2.00. The summed E-state index contributed by atoms with van der Waals surface area (Å²) in [6, 6.07) is 12.9. The van der Waals surface area contributed by atoms with Gasteiger partial charge in [-0.15, -0.1) is 0 Å². The molecule has 1 aromatic heterocycles. The van der Waals surface area contributed by atoms with Crippen molar-refractivity contribution in [2.75, 3.05) is 6.61 Å². The number of hydrogen-bond acceptors (Lipinski definition) is 3. The Morgan fingerprint density at radius 2 is 2.00 bits per heavy atom. The first kappa shape index (κ1) is 13.3. The first-order chi connectivity index (χ1) is 8.90. The molecule has 0 saturated heterocycles. The highest BCUT2D eigenvalue weighted by Crippen LogP contribution is 2.19. The summed E-state index contributed by atoms with van der Waals surface area (Å²) >= 11 is 1.72. The van der Waals surface area contributed by atoms with Gasteiger partial charge in [0.25, 0.3) is 0 Å². The van der Waals surface area contributed by atoms with E-state index < -0.39 is 0 Å². The van der Waals surface area contributed by atoms with Gasteiger partial charge >= 0.3 is 0 Å².